The van der Waals surface area contributed by atoms with Crippen molar-refractivity contribution in [2.75, 3.05) is 7.11 Å². The highest BCUT2D eigenvalue weighted by Crippen LogP contribution is 2.21. The third-order valence-electron chi connectivity index (χ3n) is 2.76. The first-order chi connectivity index (χ1) is 9.92. The van der Waals surface area contributed by atoms with Crippen LogP contribution in [0.25, 0.3) is 0 Å². The molecule has 2 rings (SSSR count). The molecule has 21 heavy (non-hydrogen) atoms. The Morgan fingerprint density at radius 2 is 2.14 bits per heavy atom. The third kappa shape index (κ3) is 3.25. The van der Waals surface area contributed by atoms with Crippen molar-refractivity contribution in [2.24, 2.45) is 0 Å². The van der Waals surface area contributed by atoms with Crippen LogP contribution in [0.1, 0.15) is 26.5 Å². The Kier molecular flexibility index (Phi) is 4.32. The fourth-order valence-corrected chi connectivity index (χ4v) is 1.91. The molecular formula is C13H11ClFN3O3. The van der Waals surface area contributed by atoms with Gasteiger partial charge in [-0.15, -0.1) is 5.10 Å². The van der Waals surface area contributed by atoms with E-state index in [4.69, 9.17) is 11.6 Å². The molecule has 6 nitrogen and oxygen atoms in total. The summed E-state index contributed by atoms with van der Waals surface area (Å²) < 4.78 is 19.0. The van der Waals surface area contributed by atoms with Gasteiger partial charge in [-0.3, -0.25) is 4.79 Å². The lowest BCUT2D eigenvalue weighted by Crippen LogP contribution is -2.13. The molecule has 1 heterocycles. The highest BCUT2D eigenvalue weighted by atomic mass is 35.5. The van der Waals surface area contributed by atoms with Gasteiger partial charge in [-0.1, -0.05) is 11.6 Å². The van der Waals surface area contributed by atoms with Gasteiger partial charge < -0.3 is 4.74 Å². The van der Waals surface area contributed by atoms with Crippen LogP contribution in [0.5, 0.6) is 0 Å². The van der Waals surface area contributed by atoms with Crippen LogP contribution in [-0.4, -0.2) is 33.6 Å². The summed E-state index contributed by atoms with van der Waals surface area (Å²) >= 11 is 5.86. The molecule has 8 heteroatoms. The fraction of sp³-hybridized carbons (Fsp3) is 0.231. The average Bonchev–Trinajstić information content (AvgIpc) is 2.90. The molecule has 0 spiro atoms. The standard InChI is InChI=1S/C13H11ClFN3O3/c1-7-3-8(9(14)4-10(7)15)11(19)5-18-6-16-12(17-18)13(20)21-2/h3-4,6H,5H2,1-2H3. The summed E-state index contributed by atoms with van der Waals surface area (Å²) in [6, 6.07) is 2.46. The van der Waals surface area contributed by atoms with Gasteiger partial charge in [-0.25, -0.2) is 18.9 Å². The highest BCUT2D eigenvalue weighted by molar-refractivity contribution is 6.34. The van der Waals surface area contributed by atoms with Crippen molar-refractivity contribution in [1.82, 2.24) is 14.8 Å². The zero-order chi connectivity index (χ0) is 15.6. The van der Waals surface area contributed by atoms with Crippen LogP contribution in [0, 0.1) is 12.7 Å². The van der Waals surface area contributed by atoms with E-state index in [9.17, 15) is 14.0 Å². The number of rotatable bonds is 4. The number of ketones is 1. The van der Waals surface area contributed by atoms with E-state index < -0.39 is 11.8 Å². The van der Waals surface area contributed by atoms with Crippen molar-refractivity contribution in [3.05, 3.63) is 46.3 Å². The second-order valence-corrected chi connectivity index (χ2v) is 4.67. The van der Waals surface area contributed by atoms with Crippen molar-refractivity contribution in [3.8, 4) is 0 Å². The summed E-state index contributed by atoms with van der Waals surface area (Å²) in [6.45, 7) is 1.36. The number of carbonyl (C=O) groups excluding carboxylic acids is 2. The van der Waals surface area contributed by atoms with E-state index in [0.717, 1.165) is 6.07 Å². The van der Waals surface area contributed by atoms with Crippen molar-refractivity contribution < 1.29 is 18.7 Å². The van der Waals surface area contributed by atoms with E-state index in [1.54, 1.807) is 0 Å². The number of nitrogens with zero attached hydrogens (tertiary/aromatic N) is 3. The molecule has 1 aromatic heterocycles. The predicted octanol–water partition coefficient (Wildman–Crippen LogP) is 2.05. The number of Topliss-reactive ketones (excluding diaryl/α,β-unsaturated/α-hetero) is 1. The van der Waals surface area contributed by atoms with Gasteiger partial charge in [-0.05, 0) is 24.6 Å². The minimum atomic E-state index is -0.697. The molecule has 2 aromatic rings. The molecule has 0 radical (unpaired) electrons. The number of hydrogen-bond donors (Lipinski definition) is 0. The van der Waals surface area contributed by atoms with Gasteiger partial charge in [0.1, 0.15) is 18.7 Å². The van der Waals surface area contributed by atoms with Gasteiger partial charge in [0, 0.05) is 5.56 Å². The SMILES string of the molecule is COC(=O)c1ncn(CC(=O)c2cc(C)c(F)cc2Cl)n1. The first kappa shape index (κ1) is 15.1. The molecule has 0 amide bonds. The number of benzene rings is 1. The predicted molar refractivity (Wildman–Crippen MR) is 71.8 cm³/mol. The van der Waals surface area contributed by atoms with Gasteiger partial charge in [0.15, 0.2) is 5.78 Å². The lowest BCUT2D eigenvalue weighted by molar-refractivity contribution is 0.0585. The molecule has 0 aliphatic carbocycles. The van der Waals surface area contributed by atoms with E-state index in [1.807, 2.05) is 0 Å². The summed E-state index contributed by atoms with van der Waals surface area (Å²) in [5.41, 5.74) is 0.502. The topological polar surface area (TPSA) is 74.1 Å². The largest absolute Gasteiger partial charge is 0.463 e. The van der Waals surface area contributed by atoms with Gasteiger partial charge in [0.25, 0.3) is 5.82 Å². The maximum Gasteiger partial charge on any atom is 0.377 e. The Bertz CT molecular complexity index is 715. The van der Waals surface area contributed by atoms with Gasteiger partial charge in [-0.2, -0.15) is 0 Å². The second-order valence-electron chi connectivity index (χ2n) is 4.26. The Morgan fingerprint density at radius 1 is 1.43 bits per heavy atom. The molecule has 0 N–H and O–H groups in total. The Labute approximate surface area is 124 Å². The smallest absolute Gasteiger partial charge is 0.377 e. The Morgan fingerprint density at radius 3 is 2.81 bits per heavy atom. The lowest BCUT2D eigenvalue weighted by atomic mass is 10.1. The first-order valence-corrected chi connectivity index (χ1v) is 6.26. The number of methoxy groups -OCH3 is 1. The maximum atomic E-state index is 13.3. The number of aromatic nitrogens is 3. The van der Waals surface area contributed by atoms with Gasteiger partial charge in [0.2, 0.25) is 0 Å². The van der Waals surface area contributed by atoms with Crippen molar-refractivity contribution in [3.63, 3.8) is 0 Å². The second kappa shape index (κ2) is 6.01. The van der Waals surface area contributed by atoms with Crippen molar-refractivity contribution in [2.45, 2.75) is 13.5 Å². The minimum absolute atomic E-state index is 0.0245. The maximum absolute atomic E-state index is 13.3. The zero-order valence-corrected chi connectivity index (χ0v) is 12.0. The number of ether oxygens (including phenoxy) is 1. The zero-order valence-electron chi connectivity index (χ0n) is 11.3. The molecule has 0 atom stereocenters. The third-order valence-corrected chi connectivity index (χ3v) is 3.07. The number of carbonyl (C=O) groups is 2. The van der Waals surface area contributed by atoms with Gasteiger partial charge in [0.05, 0.1) is 12.1 Å². The molecule has 0 unspecified atom stereocenters. The van der Waals surface area contributed by atoms with Crippen LogP contribution in [0.2, 0.25) is 5.02 Å². The van der Waals surface area contributed by atoms with Crippen LogP contribution in [0.3, 0.4) is 0 Å². The minimum Gasteiger partial charge on any atom is -0.463 e. The Balaban J connectivity index is 2.20. The van der Waals surface area contributed by atoms with E-state index in [-0.39, 0.29) is 28.7 Å². The van der Waals surface area contributed by atoms with E-state index in [2.05, 4.69) is 14.8 Å². The van der Waals surface area contributed by atoms with Crippen LogP contribution >= 0.6 is 11.6 Å². The average molecular weight is 312 g/mol. The van der Waals surface area contributed by atoms with Crippen molar-refractivity contribution in [1.29, 1.82) is 0 Å². The normalized spacial score (nSPS) is 10.5. The Hall–Kier alpha value is -2.28. The number of aryl methyl sites for hydroxylation is 1. The van der Waals surface area contributed by atoms with E-state index >= 15 is 0 Å². The van der Waals surface area contributed by atoms with Crippen molar-refractivity contribution >= 4 is 23.4 Å². The summed E-state index contributed by atoms with van der Waals surface area (Å²) in [5.74, 6) is -1.70. The fourth-order valence-electron chi connectivity index (χ4n) is 1.66. The first-order valence-electron chi connectivity index (χ1n) is 5.89. The van der Waals surface area contributed by atoms with Crippen LogP contribution in [-0.2, 0) is 11.3 Å². The number of esters is 1. The summed E-state index contributed by atoms with van der Waals surface area (Å²) in [7, 11) is 1.20. The molecule has 0 aliphatic heterocycles. The van der Waals surface area contributed by atoms with Crippen LogP contribution in [0.4, 0.5) is 4.39 Å². The van der Waals surface area contributed by atoms with Gasteiger partial charge >= 0.3 is 5.97 Å². The quantitative estimate of drug-likeness (QED) is 0.638. The summed E-state index contributed by atoms with van der Waals surface area (Å²) in [4.78, 5) is 27.1. The van der Waals surface area contributed by atoms with Crippen LogP contribution < -0.4 is 0 Å². The molecular weight excluding hydrogens is 301 g/mol. The van der Waals surface area contributed by atoms with Crippen LogP contribution in [0.15, 0.2) is 18.5 Å². The molecule has 0 saturated carbocycles. The summed E-state index contributed by atoms with van der Waals surface area (Å²) in [5, 5.41) is 3.83. The monoisotopic (exact) mass is 311 g/mol. The molecule has 0 aliphatic rings. The summed E-state index contributed by atoms with van der Waals surface area (Å²) in [6.07, 6.45) is 1.23. The molecule has 1 aromatic carbocycles. The molecule has 0 fully saturated rings. The van der Waals surface area contributed by atoms with E-state index in [0.29, 0.717) is 5.56 Å². The molecule has 0 saturated heterocycles. The lowest BCUT2D eigenvalue weighted by Gasteiger charge is -2.06. The highest BCUT2D eigenvalue weighted by Gasteiger charge is 2.16. The number of halogens is 2. The molecule has 0 bridgehead atoms. The number of hydrogen-bond acceptors (Lipinski definition) is 5. The molecule has 110 valence electrons. The van der Waals surface area contributed by atoms with E-state index in [1.165, 1.54) is 31.1 Å².